The van der Waals surface area contributed by atoms with Crippen molar-refractivity contribution in [3.05, 3.63) is 18.2 Å². The third-order valence-corrected chi connectivity index (χ3v) is 12.7. The van der Waals surface area contributed by atoms with Crippen molar-refractivity contribution in [1.82, 2.24) is 0 Å². The van der Waals surface area contributed by atoms with Gasteiger partial charge in [-0.2, -0.15) is 8.42 Å². The van der Waals surface area contributed by atoms with Gasteiger partial charge in [-0.1, -0.05) is 41.5 Å². The van der Waals surface area contributed by atoms with E-state index in [4.69, 9.17) is 9.16 Å². The van der Waals surface area contributed by atoms with Gasteiger partial charge in [0, 0.05) is 6.07 Å². The zero-order valence-corrected chi connectivity index (χ0v) is 20.1. The predicted molar refractivity (Wildman–Crippen MR) is 118 cm³/mol. The second-order valence-electron chi connectivity index (χ2n) is 8.20. The van der Waals surface area contributed by atoms with Crippen LogP contribution < -0.4 is 9.74 Å². The molecule has 0 amide bonds. The van der Waals surface area contributed by atoms with Crippen molar-refractivity contribution in [2.75, 3.05) is 11.9 Å². The van der Waals surface area contributed by atoms with Gasteiger partial charge in [-0.05, 0) is 35.7 Å². The summed E-state index contributed by atoms with van der Waals surface area (Å²) in [5.74, 6) is 0.0692. The summed E-state index contributed by atoms with van der Waals surface area (Å²) >= 11 is 0. The van der Waals surface area contributed by atoms with Crippen LogP contribution in [0.5, 0.6) is 5.75 Å². The van der Waals surface area contributed by atoms with E-state index in [1.807, 2.05) is 0 Å². The van der Waals surface area contributed by atoms with E-state index in [1.165, 1.54) is 6.07 Å². The first kappa shape index (κ1) is 23.4. The molecule has 0 saturated heterocycles. The molecule has 162 valence electrons. The number of carbonyl (C=O) groups is 1. The first-order valence-electron chi connectivity index (χ1n) is 10.0. The molecule has 1 aliphatic rings. The van der Waals surface area contributed by atoms with Crippen molar-refractivity contribution < 1.29 is 22.4 Å². The molecule has 0 radical (unpaired) electrons. The number of esters is 1. The topological polar surface area (TPSA) is 94.1 Å². The monoisotopic (exact) mass is 440 g/mol. The molecular formula is C20H32N2O5SSi. The van der Waals surface area contributed by atoms with E-state index in [1.54, 1.807) is 19.1 Å². The first-order valence-corrected chi connectivity index (χ1v) is 13.6. The number of nitrogens with zero attached hydrogens (tertiary/aromatic N) is 1. The van der Waals surface area contributed by atoms with Gasteiger partial charge in [0.2, 0.25) is 0 Å². The van der Waals surface area contributed by atoms with Crippen LogP contribution in [0.2, 0.25) is 16.6 Å². The van der Waals surface area contributed by atoms with Gasteiger partial charge in [0.1, 0.15) is 22.9 Å². The third kappa shape index (κ3) is 4.83. The summed E-state index contributed by atoms with van der Waals surface area (Å²) in [6.45, 7) is 15.0. The lowest BCUT2D eigenvalue weighted by molar-refractivity contribution is -0.141. The molecule has 1 N–H and O–H groups in total. The number of fused-ring (bicyclic) bond motifs is 1. The Morgan fingerprint density at radius 1 is 1.10 bits per heavy atom. The number of hydrogen-bond donors (Lipinski definition) is 1. The average molecular weight is 441 g/mol. The first-order chi connectivity index (χ1) is 13.4. The fourth-order valence-electron chi connectivity index (χ4n) is 4.24. The van der Waals surface area contributed by atoms with Crippen molar-refractivity contribution >= 4 is 35.8 Å². The molecule has 0 aromatic heterocycles. The minimum absolute atomic E-state index is 0.0554. The van der Waals surface area contributed by atoms with E-state index < -0.39 is 24.3 Å². The zero-order chi connectivity index (χ0) is 22.0. The van der Waals surface area contributed by atoms with E-state index in [0.29, 0.717) is 28.1 Å². The highest BCUT2D eigenvalue weighted by atomic mass is 32.2. The van der Waals surface area contributed by atoms with Crippen molar-refractivity contribution in [3.8, 4) is 5.75 Å². The molecule has 0 aliphatic carbocycles. The largest absolute Gasteiger partial charge is 0.543 e. The van der Waals surface area contributed by atoms with Crippen LogP contribution in [0, 0.1) is 0 Å². The molecular weight excluding hydrogens is 408 g/mol. The molecule has 0 unspecified atom stereocenters. The van der Waals surface area contributed by atoms with E-state index >= 15 is 0 Å². The number of sulfonamides is 1. The maximum atomic E-state index is 12.7. The molecule has 1 heterocycles. The Kier molecular flexibility index (Phi) is 7.16. The molecule has 0 atom stereocenters. The second-order valence-corrected chi connectivity index (χ2v) is 15.1. The van der Waals surface area contributed by atoms with Crippen LogP contribution in [0.15, 0.2) is 27.5 Å². The summed E-state index contributed by atoms with van der Waals surface area (Å²) in [4.78, 5) is 11.7. The van der Waals surface area contributed by atoms with Gasteiger partial charge in [-0.15, -0.1) is 4.40 Å². The minimum atomic E-state index is -3.94. The Morgan fingerprint density at radius 2 is 1.69 bits per heavy atom. The second kappa shape index (κ2) is 8.87. The molecule has 9 heteroatoms. The molecule has 0 bridgehead atoms. The van der Waals surface area contributed by atoms with E-state index in [0.717, 1.165) is 0 Å². The number of anilines is 1. The molecule has 1 aromatic rings. The van der Waals surface area contributed by atoms with Crippen LogP contribution in [-0.2, 0) is 19.6 Å². The van der Waals surface area contributed by atoms with Gasteiger partial charge < -0.3 is 14.5 Å². The van der Waals surface area contributed by atoms with Crippen LogP contribution in [-0.4, -0.2) is 35.1 Å². The smallest absolute Gasteiger partial charge is 0.313 e. The quantitative estimate of drug-likeness (QED) is 0.465. The van der Waals surface area contributed by atoms with E-state index in [-0.39, 0.29) is 23.8 Å². The van der Waals surface area contributed by atoms with E-state index in [9.17, 15) is 13.2 Å². The highest BCUT2D eigenvalue weighted by Crippen LogP contribution is 2.43. The summed E-state index contributed by atoms with van der Waals surface area (Å²) < 4.78 is 40.7. The lowest BCUT2D eigenvalue weighted by Crippen LogP contribution is -2.50. The standard InChI is InChI=1S/C20H32N2O5SSi/c1-8-26-20(23)12-19-21-17-10-9-16(11-18(17)28(24,25)22-19)27-29(13(2)3,14(4)5)15(6)7/h9-11,13-15H,8,12H2,1-7H3,(H,21,22). The number of carbonyl (C=O) groups excluding carboxylic acids is 1. The highest BCUT2D eigenvalue weighted by Gasteiger charge is 2.47. The maximum absolute atomic E-state index is 12.7. The Labute approximate surface area is 175 Å². The number of ether oxygens (including phenoxy) is 1. The molecule has 0 saturated carbocycles. The van der Waals surface area contributed by atoms with Gasteiger partial charge >= 0.3 is 5.97 Å². The zero-order valence-electron chi connectivity index (χ0n) is 18.3. The van der Waals surface area contributed by atoms with Crippen molar-refractivity contribution in [2.45, 2.75) is 76.4 Å². The minimum Gasteiger partial charge on any atom is -0.543 e. The van der Waals surface area contributed by atoms with Crippen molar-refractivity contribution in [3.63, 3.8) is 0 Å². The number of nitrogens with one attached hydrogen (secondary N) is 1. The Morgan fingerprint density at radius 3 is 2.21 bits per heavy atom. The summed E-state index contributed by atoms with van der Waals surface area (Å²) in [6, 6.07) is 4.99. The molecule has 29 heavy (non-hydrogen) atoms. The van der Waals surface area contributed by atoms with Crippen molar-refractivity contribution in [1.29, 1.82) is 0 Å². The lowest BCUT2D eigenvalue weighted by Gasteiger charge is -2.42. The number of benzene rings is 1. The number of amidine groups is 1. The third-order valence-electron chi connectivity index (χ3n) is 5.36. The Balaban J connectivity index is 2.39. The molecule has 1 aromatic carbocycles. The van der Waals surface area contributed by atoms with E-state index in [2.05, 4.69) is 51.3 Å². The fraction of sp³-hybridized carbons (Fsp3) is 0.600. The number of rotatable bonds is 8. The van der Waals surface area contributed by atoms with Gasteiger partial charge in [-0.3, -0.25) is 4.79 Å². The molecule has 7 nitrogen and oxygen atoms in total. The number of hydrogen-bond acceptors (Lipinski definition) is 6. The summed E-state index contributed by atoms with van der Waals surface area (Å²) in [7, 11) is -6.15. The van der Waals surface area contributed by atoms with Gasteiger partial charge in [0.05, 0.1) is 12.3 Å². The van der Waals surface area contributed by atoms with Crippen LogP contribution in [0.4, 0.5) is 5.69 Å². The molecule has 0 spiro atoms. The normalized spacial score (nSPS) is 15.7. The Bertz CT molecular complexity index is 872. The van der Waals surface area contributed by atoms with Crippen LogP contribution in [0.3, 0.4) is 0 Å². The van der Waals surface area contributed by atoms with Crippen LogP contribution in [0.25, 0.3) is 0 Å². The summed E-state index contributed by atoms with van der Waals surface area (Å²) in [6.07, 6.45) is -0.227. The van der Waals surface area contributed by atoms with Crippen LogP contribution in [0.1, 0.15) is 54.9 Å². The van der Waals surface area contributed by atoms with Crippen LogP contribution >= 0.6 is 0 Å². The maximum Gasteiger partial charge on any atom is 0.313 e. The molecule has 0 fully saturated rings. The lowest BCUT2D eigenvalue weighted by atomic mass is 10.3. The fourth-order valence-corrected chi connectivity index (χ4v) is 10.6. The molecule has 2 rings (SSSR count). The van der Waals surface area contributed by atoms with Gasteiger partial charge in [0.25, 0.3) is 18.3 Å². The van der Waals surface area contributed by atoms with Gasteiger partial charge in [0.15, 0.2) is 0 Å². The Hall–Kier alpha value is -1.87. The SMILES string of the molecule is CCOC(=O)CC1=NS(=O)(=O)c2cc(O[Si](C(C)C)(C(C)C)C(C)C)ccc2N1. The van der Waals surface area contributed by atoms with Gasteiger partial charge in [-0.25, -0.2) is 0 Å². The predicted octanol–water partition coefficient (Wildman–Crippen LogP) is 4.71. The summed E-state index contributed by atoms with van der Waals surface area (Å²) in [5.41, 5.74) is 1.48. The van der Waals surface area contributed by atoms with Crippen molar-refractivity contribution in [2.24, 2.45) is 4.40 Å². The molecule has 1 aliphatic heterocycles. The summed E-state index contributed by atoms with van der Waals surface area (Å²) in [5, 5.41) is 2.93. The average Bonchev–Trinajstić information content (AvgIpc) is 2.58. The highest BCUT2D eigenvalue weighted by molar-refractivity contribution is 7.90.